The molecule has 2 aliphatic heterocycles. The first kappa shape index (κ1) is 42.8. The third-order valence-corrected chi connectivity index (χ3v) is 10.1. The fourth-order valence-corrected chi connectivity index (χ4v) is 7.17. The van der Waals surface area contributed by atoms with Crippen molar-refractivity contribution in [3.8, 4) is 0 Å². The van der Waals surface area contributed by atoms with Crippen molar-refractivity contribution in [2.45, 2.75) is 119 Å². The zero-order chi connectivity index (χ0) is 40.2. The summed E-state index contributed by atoms with van der Waals surface area (Å²) in [5.74, 6) is -11.0. The number of esters is 2. The highest BCUT2D eigenvalue weighted by molar-refractivity contribution is 5.98. The molecule has 0 amide bonds. The van der Waals surface area contributed by atoms with Crippen molar-refractivity contribution in [1.82, 2.24) is 0 Å². The second-order valence-electron chi connectivity index (χ2n) is 14.0. The van der Waals surface area contributed by atoms with E-state index in [0.717, 1.165) is 30.4 Å². The Morgan fingerprint density at radius 3 is 2.00 bits per heavy atom. The Balaban J connectivity index is 1.47. The van der Waals surface area contributed by atoms with Crippen molar-refractivity contribution in [3.05, 3.63) is 83.9 Å². The Morgan fingerprint density at radius 2 is 1.44 bits per heavy atom. The third kappa shape index (κ3) is 9.87. The Kier molecular flexibility index (Phi) is 14.9. The number of hydrogen-bond acceptors (Lipinski definition) is 11. The number of aliphatic hydroxyl groups excluding tert-OH is 1. The molecule has 0 aromatic heterocycles. The number of carboxylic acids is 3. The van der Waals surface area contributed by atoms with E-state index < -0.39 is 77.7 Å². The summed E-state index contributed by atoms with van der Waals surface area (Å²) in [6.07, 6.45) is 2.93. The number of benzene rings is 2. The number of aliphatic carboxylic acids is 3. The van der Waals surface area contributed by atoms with E-state index in [-0.39, 0.29) is 25.2 Å². The van der Waals surface area contributed by atoms with E-state index in [1.54, 1.807) is 0 Å². The lowest BCUT2D eigenvalue weighted by Crippen LogP contribution is -2.78. The maximum Gasteiger partial charge on any atom is 0.344 e. The van der Waals surface area contributed by atoms with Gasteiger partial charge in [0.25, 0.3) is 0 Å². The first-order valence-electron chi connectivity index (χ1n) is 18.5. The number of rotatable bonds is 21. The average molecular weight is 767 g/mol. The molecule has 5 N–H and O–H groups in total. The van der Waals surface area contributed by atoms with Crippen LogP contribution in [0.1, 0.15) is 89.2 Å². The van der Waals surface area contributed by atoms with E-state index >= 15 is 0 Å². The molecule has 2 aliphatic rings. The molecule has 0 spiro atoms. The number of allylic oxidation sites excluding steroid dienone is 2. The van der Waals surface area contributed by atoms with Gasteiger partial charge in [0.2, 0.25) is 23.1 Å². The van der Waals surface area contributed by atoms with Crippen LogP contribution in [-0.4, -0.2) is 96.8 Å². The number of carbonyl (C=O) groups is 5. The van der Waals surface area contributed by atoms with Gasteiger partial charge < -0.3 is 44.5 Å². The second kappa shape index (κ2) is 19.1. The van der Waals surface area contributed by atoms with Crippen molar-refractivity contribution < 1.29 is 68.5 Å². The number of carbonyl (C=O) groups excluding carboxylic acids is 2. The van der Waals surface area contributed by atoms with Crippen molar-refractivity contribution in [1.29, 1.82) is 0 Å². The van der Waals surface area contributed by atoms with Crippen molar-refractivity contribution in [3.63, 3.8) is 0 Å². The van der Waals surface area contributed by atoms with Crippen LogP contribution in [0.15, 0.2) is 72.8 Å². The maximum absolute atomic E-state index is 13.1. The Bertz CT molecular complexity index is 1690. The summed E-state index contributed by atoms with van der Waals surface area (Å²) in [5.41, 5.74) is -5.31. The van der Waals surface area contributed by atoms with E-state index in [2.05, 4.69) is 0 Å². The predicted octanol–water partition coefficient (Wildman–Crippen LogP) is 5.00. The summed E-state index contributed by atoms with van der Waals surface area (Å²) in [6, 6.07) is 19.3. The van der Waals surface area contributed by atoms with Crippen molar-refractivity contribution in [2.24, 2.45) is 5.92 Å². The molecule has 8 unspecified atom stereocenters. The van der Waals surface area contributed by atoms with Gasteiger partial charge in [0, 0.05) is 19.8 Å². The molecular formula is C41H50O14. The number of aliphatic hydroxyl groups is 2. The maximum atomic E-state index is 13.1. The zero-order valence-electron chi connectivity index (χ0n) is 31.0. The van der Waals surface area contributed by atoms with Crippen molar-refractivity contribution >= 4 is 42.0 Å². The van der Waals surface area contributed by atoms with Crippen LogP contribution in [0.4, 0.5) is 0 Å². The molecule has 0 radical (unpaired) electrons. The summed E-state index contributed by atoms with van der Waals surface area (Å²) in [5, 5.41) is 53.7. The number of carboxylic acid groups (broad SMARTS) is 3. The summed E-state index contributed by atoms with van der Waals surface area (Å²) in [4.78, 5) is 63.1. The molecule has 0 saturated carbocycles. The molecule has 298 valence electrons. The van der Waals surface area contributed by atoms with Gasteiger partial charge in [-0.1, -0.05) is 105 Å². The highest BCUT2D eigenvalue weighted by Gasteiger charge is 2.85. The lowest BCUT2D eigenvalue weighted by atomic mass is 9.74. The normalized spacial score (nSPS) is 27.1. The zero-order valence-corrected chi connectivity index (χ0v) is 31.0. The molecule has 0 aliphatic carbocycles. The standard InChI is InChI=1S/C41H50O14/c1-27(17-15-23-30-21-12-8-13-22-30)31(52-28(2)42)24-16-26-39-33(44)34(41(55-39,38(49)50)40(51,37(47)48)35(54-39)36(45)46)53-32(43)25-14-6-4-3-5-9-18-29-19-10-7-11-20-29/h7-13,15,18-23,27,31,33-35,44,51H,3-6,14,16-17,24-26H2,1-2H3,(H,45,46)(H,47,48)(H,49,50)/b18-9+,23-15+. The topological polar surface area (TPSA) is 223 Å². The van der Waals surface area contributed by atoms with Gasteiger partial charge in [-0.25, -0.2) is 14.4 Å². The number of fused-ring (bicyclic) bond motifs is 2. The van der Waals surface area contributed by atoms with Gasteiger partial charge >= 0.3 is 29.8 Å². The quantitative estimate of drug-likeness (QED) is 0.0833. The second-order valence-corrected chi connectivity index (χ2v) is 14.0. The Hall–Kier alpha value is -4.89. The van der Waals surface area contributed by atoms with E-state index in [0.29, 0.717) is 19.3 Å². The van der Waals surface area contributed by atoms with Crippen LogP contribution in [0, 0.1) is 5.92 Å². The van der Waals surface area contributed by atoms with E-state index in [4.69, 9.17) is 18.9 Å². The molecule has 4 rings (SSSR count). The van der Waals surface area contributed by atoms with Gasteiger partial charge in [-0.15, -0.1) is 0 Å². The summed E-state index contributed by atoms with van der Waals surface area (Å²) >= 11 is 0. The van der Waals surface area contributed by atoms with Crippen LogP contribution in [-0.2, 0) is 42.9 Å². The van der Waals surface area contributed by atoms with Crippen LogP contribution >= 0.6 is 0 Å². The lowest BCUT2D eigenvalue weighted by molar-refractivity contribution is -0.374. The van der Waals surface area contributed by atoms with Gasteiger partial charge in [0.1, 0.15) is 12.2 Å². The van der Waals surface area contributed by atoms with Crippen LogP contribution in [0.5, 0.6) is 0 Å². The molecule has 2 heterocycles. The molecule has 14 nitrogen and oxygen atoms in total. The first-order chi connectivity index (χ1) is 26.2. The smallest absolute Gasteiger partial charge is 0.344 e. The van der Waals surface area contributed by atoms with E-state index in [9.17, 15) is 49.5 Å². The first-order valence-corrected chi connectivity index (χ1v) is 18.5. The van der Waals surface area contributed by atoms with E-state index in [1.165, 1.54) is 6.92 Å². The number of unbranched alkanes of at least 4 members (excludes halogenated alkanes) is 4. The monoisotopic (exact) mass is 766 g/mol. The van der Waals surface area contributed by atoms with Gasteiger partial charge in [-0.2, -0.15) is 0 Å². The van der Waals surface area contributed by atoms with Crippen LogP contribution in [0.3, 0.4) is 0 Å². The highest BCUT2D eigenvalue weighted by atomic mass is 16.8. The average Bonchev–Trinajstić information content (AvgIpc) is 3.36. The summed E-state index contributed by atoms with van der Waals surface area (Å²) in [6.45, 7) is 3.09. The fourth-order valence-electron chi connectivity index (χ4n) is 7.17. The molecule has 2 bridgehead atoms. The number of hydrogen-bond donors (Lipinski definition) is 5. The van der Waals surface area contributed by atoms with Crippen LogP contribution in [0.2, 0.25) is 0 Å². The SMILES string of the molecule is CC(=O)OC(CCCC12OC(C(=O)O)C(O)(C(=O)O)C(C(=O)O)(O1)C(OC(=O)CCCCCC/C=C/c1ccccc1)C2O)C(C)C/C=C/c1ccccc1. The molecular weight excluding hydrogens is 716 g/mol. The molecule has 2 fully saturated rings. The minimum atomic E-state index is -3.86. The lowest BCUT2D eigenvalue weighted by Gasteiger charge is -2.48. The van der Waals surface area contributed by atoms with Crippen LogP contribution in [0.25, 0.3) is 12.2 Å². The summed E-state index contributed by atoms with van der Waals surface area (Å²) < 4.78 is 22.2. The predicted molar refractivity (Wildman–Crippen MR) is 197 cm³/mol. The van der Waals surface area contributed by atoms with E-state index in [1.807, 2.05) is 91.9 Å². The summed E-state index contributed by atoms with van der Waals surface area (Å²) in [7, 11) is 0. The molecule has 2 aromatic carbocycles. The Morgan fingerprint density at radius 1 is 0.836 bits per heavy atom. The van der Waals surface area contributed by atoms with Crippen LogP contribution < -0.4 is 0 Å². The molecule has 2 saturated heterocycles. The minimum Gasteiger partial charge on any atom is -0.479 e. The fraction of sp³-hybridized carbons (Fsp3) is 0.488. The number of ether oxygens (including phenoxy) is 4. The minimum absolute atomic E-state index is 0.0313. The van der Waals surface area contributed by atoms with Gasteiger partial charge in [-0.05, 0) is 55.6 Å². The highest BCUT2D eigenvalue weighted by Crippen LogP contribution is 2.55. The van der Waals surface area contributed by atoms with Gasteiger partial charge in [0.05, 0.1) is 0 Å². The van der Waals surface area contributed by atoms with Gasteiger partial charge in [0.15, 0.2) is 6.10 Å². The molecule has 55 heavy (non-hydrogen) atoms. The van der Waals surface area contributed by atoms with Crippen molar-refractivity contribution in [2.75, 3.05) is 0 Å². The largest absolute Gasteiger partial charge is 0.479 e. The van der Waals surface area contributed by atoms with Gasteiger partial charge in [-0.3, -0.25) is 9.59 Å². The Labute approximate surface area is 319 Å². The molecule has 8 atom stereocenters. The molecule has 2 aromatic rings. The third-order valence-electron chi connectivity index (χ3n) is 10.1. The molecule has 14 heteroatoms.